The van der Waals surface area contributed by atoms with Gasteiger partial charge in [0, 0.05) is 64.1 Å². The van der Waals surface area contributed by atoms with Crippen LogP contribution < -0.4 is 4.90 Å². The molecule has 2 fully saturated rings. The number of hydrogen-bond acceptors (Lipinski definition) is 5. The Labute approximate surface area is 160 Å². The van der Waals surface area contributed by atoms with E-state index in [4.69, 9.17) is 0 Å². The lowest BCUT2D eigenvalue weighted by Gasteiger charge is -2.38. The van der Waals surface area contributed by atoms with Gasteiger partial charge in [0.25, 0.3) is 0 Å². The molecule has 6 heteroatoms. The molecule has 0 bridgehead atoms. The second-order valence-corrected chi connectivity index (χ2v) is 7.40. The lowest BCUT2D eigenvalue weighted by atomic mass is 9.95. The monoisotopic (exact) mass is 365 g/mol. The van der Waals surface area contributed by atoms with Gasteiger partial charge >= 0.3 is 0 Å². The van der Waals surface area contributed by atoms with Crippen LogP contribution in [0.1, 0.15) is 18.4 Å². The normalized spacial score (nSPS) is 19.3. The fourth-order valence-electron chi connectivity index (χ4n) is 4.01. The van der Waals surface area contributed by atoms with Crippen LogP contribution in [0, 0.1) is 5.92 Å². The zero-order valence-electron chi connectivity index (χ0n) is 15.7. The van der Waals surface area contributed by atoms with Crippen LogP contribution in [0.3, 0.4) is 0 Å². The molecule has 0 aliphatic carbocycles. The van der Waals surface area contributed by atoms with Crippen LogP contribution in [0.4, 0.5) is 5.95 Å². The minimum absolute atomic E-state index is 0.144. The Kier molecular flexibility index (Phi) is 5.63. The first-order valence-electron chi connectivity index (χ1n) is 9.86. The van der Waals surface area contributed by atoms with Crippen LogP contribution >= 0.6 is 0 Å². The largest absolute Gasteiger partial charge is 0.341 e. The van der Waals surface area contributed by atoms with E-state index in [-0.39, 0.29) is 5.92 Å². The number of benzene rings is 1. The average molecular weight is 365 g/mol. The Hall–Kier alpha value is -2.47. The highest BCUT2D eigenvalue weighted by atomic mass is 16.2. The van der Waals surface area contributed by atoms with E-state index in [1.807, 2.05) is 6.07 Å². The Balaban J connectivity index is 1.24. The summed E-state index contributed by atoms with van der Waals surface area (Å²) in [6.07, 6.45) is 5.33. The summed E-state index contributed by atoms with van der Waals surface area (Å²) in [6.45, 7) is 6.27. The number of amides is 1. The minimum Gasteiger partial charge on any atom is -0.341 e. The van der Waals surface area contributed by atoms with Crippen LogP contribution in [-0.2, 0) is 11.3 Å². The van der Waals surface area contributed by atoms with Gasteiger partial charge < -0.3 is 9.80 Å². The molecule has 1 aromatic heterocycles. The molecule has 2 saturated heterocycles. The fourth-order valence-corrected chi connectivity index (χ4v) is 4.01. The van der Waals surface area contributed by atoms with Crippen molar-refractivity contribution in [3.8, 4) is 0 Å². The summed E-state index contributed by atoms with van der Waals surface area (Å²) in [4.78, 5) is 28.2. The van der Waals surface area contributed by atoms with E-state index < -0.39 is 0 Å². The van der Waals surface area contributed by atoms with Gasteiger partial charge in [0.15, 0.2) is 0 Å². The first-order chi connectivity index (χ1) is 13.3. The second-order valence-electron chi connectivity index (χ2n) is 7.40. The van der Waals surface area contributed by atoms with E-state index in [0.29, 0.717) is 5.91 Å². The summed E-state index contributed by atoms with van der Waals surface area (Å²) in [5.41, 5.74) is 1.34. The molecular weight excluding hydrogens is 338 g/mol. The van der Waals surface area contributed by atoms with Crippen LogP contribution in [-0.4, -0.2) is 64.9 Å². The number of piperidine rings is 1. The topological polar surface area (TPSA) is 52.6 Å². The molecule has 0 radical (unpaired) electrons. The highest BCUT2D eigenvalue weighted by molar-refractivity contribution is 5.79. The maximum absolute atomic E-state index is 12.9. The molecule has 142 valence electrons. The van der Waals surface area contributed by atoms with Crippen molar-refractivity contribution in [2.75, 3.05) is 44.2 Å². The van der Waals surface area contributed by atoms with Crippen molar-refractivity contribution in [2.45, 2.75) is 19.4 Å². The van der Waals surface area contributed by atoms with Gasteiger partial charge in [0.1, 0.15) is 0 Å². The lowest BCUT2D eigenvalue weighted by Crippen LogP contribution is -2.51. The summed E-state index contributed by atoms with van der Waals surface area (Å²) in [5, 5.41) is 0. The van der Waals surface area contributed by atoms with Crippen molar-refractivity contribution in [1.82, 2.24) is 19.8 Å². The molecule has 0 spiro atoms. The summed E-state index contributed by atoms with van der Waals surface area (Å²) in [6, 6.07) is 12.4. The van der Waals surface area contributed by atoms with Gasteiger partial charge in [-0.05, 0) is 24.5 Å². The second kappa shape index (κ2) is 8.48. The first-order valence-corrected chi connectivity index (χ1v) is 9.86. The Morgan fingerprint density at radius 3 is 2.22 bits per heavy atom. The number of aromatic nitrogens is 2. The van der Waals surface area contributed by atoms with Crippen LogP contribution in [0.5, 0.6) is 0 Å². The number of hydrogen-bond donors (Lipinski definition) is 0. The smallest absolute Gasteiger partial charge is 0.225 e. The third kappa shape index (κ3) is 4.45. The average Bonchev–Trinajstić information content (AvgIpc) is 2.75. The third-order valence-corrected chi connectivity index (χ3v) is 5.61. The molecule has 1 aromatic carbocycles. The van der Waals surface area contributed by atoms with E-state index >= 15 is 0 Å². The molecule has 6 nitrogen and oxygen atoms in total. The van der Waals surface area contributed by atoms with Gasteiger partial charge in [-0.1, -0.05) is 30.3 Å². The number of rotatable bonds is 4. The zero-order chi connectivity index (χ0) is 18.5. The first kappa shape index (κ1) is 17.9. The molecule has 3 heterocycles. The summed E-state index contributed by atoms with van der Waals surface area (Å²) < 4.78 is 0. The molecule has 27 heavy (non-hydrogen) atoms. The number of carbonyl (C=O) groups is 1. The number of nitrogens with zero attached hydrogens (tertiary/aromatic N) is 5. The van der Waals surface area contributed by atoms with Gasteiger partial charge in [-0.2, -0.15) is 0 Å². The SMILES string of the molecule is O=C(C1CCN(c2ncccn2)CC1)N1CCN(Cc2ccccc2)CC1. The minimum atomic E-state index is 0.144. The molecule has 4 rings (SSSR count). The Morgan fingerprint density at radius 1 is 0.889 bits per heavy atom. The van der Waals surface area contributed by atoms with Crippen LogP contribution in [0.15, 0.2) is 48.8 Å². The molecule has 2 aromatic rings. The summed E-state index contributed by atoms with van der Waals surface area (Å²) in [5.74, 6) is 1.26. The summed E-state index contributed by atoms with van der Waals surface area (Å²) in [7, 11) is 0. The van der Waals surface area contributed by atoms with Crippen molar-refractivity contribution in [2.24, 2.45) is 5.92 Å². The lowest BCUT2D eigenvalue weighted by molar-refractivity contribution is -0.138. The van der Waals surface area contributed by atoms with Crippen LogP contribution in [0.25, 0.3) is 0 Å². The molecule has 2 aliphatic heterocycles. The predicted molar refractivity (Wildman–Crippen MR) is 105 cm³/mol. The molecule has 2 aliphatic rings. The van der Waals surface area contributed by atoms with Crippen molar-refractivity contribution < 1.29 is 4.79 Å². The fraction of sp³-hybridized carbons (Fsp3) is 0.476. The van der Waals surface area contributed by atoms with Crippen LogP contribution in [0.2, 0.25) is 0 Å². The zero-order valence-corrected chi connectivity index (χ0v) is 15.7. The van der Waals surface area contributed by atoms with Gasteiger partial charge in [-0.15, -0.1) is 0 Å². The molecule has 0 unspecified atom stereocenters. The van der Waals surface area contributed by atoms with E-state index in [1.165, 1.54) is 5.56 Å². The number of anilines is 1. The molecule has 1 amide bonds. The maximum Gasteiger partial charge on any atom is 0.225 e. The standard InChI is InChI=1S/C21H27N5O/c27-20(19-7-11-26(12-8-19)21-22-9-4-10-23-21)25-15-13-24(14-16-25)17-18-5-2-1-3-6-18/h1-6,9-10,19H,7-8,11-17H2. The Morgan fingerprint density at radius 2 is 1.56 bits per heavy atom. The van der Waals surface area contributed by atoms with Gasteiger partial charge in [0.2, 0.25) is 11.9 Å². The van der Waals surface area contributed by atoms with Gasteiger partial charge in [0.05, 0.1) is 0 Å². The number of piperazine rings is 1. The van der Waals surface area contributed by atoms with Gasteiger partial charge in [-0.3, -0.25) is 9.69 Å². The summed E-state index contributed by atoms with van der Waals surface area (Å²) >= 11 is 0. The number of carbonyl (C=O) groups excluding carboxylic acids is 1. The van der Waals surface area contributed by atoms with E-state index in [1.54, 1.807) is 12.4 Å². The van der Waals surface area contributed by atoms with Gasteiger partial charge in [-0.25, -0.2) is 9.97 Å². The quantitative estimate of drug-likeness (QED) is 0.830. The van der Waals surface area contributed by atoms with E-state index in [9.17, 15) is 4.79 Å². The predicted octanol–water partition coefficient (Wildman–Crippen LogP) is 2.04. The van der Waals surface area contributed by atoms with Crippen molar-refractivity contribution in [3.63, 3.8) is 0 Å². The van der Waals surface area contributed by atoms with Crippen molar-refractivity contribution >= 4 is 11.9 Å². The highest BCUT2D eigenvalue weighted by Gasteiger charge is 2.30. The van der Waals surface area contributed by atoms with Crippen molar-refractivity contribution in [1.29, 1.82) is 0 Å². The molecule has 0 saturated carbocycles. The van der Waals surface area contributed by atoms with E-state index in [2.05, 4.69) is 55.0 Å². The Bertz CT molecular complexity index is 723. The molecule has 0 atom stereocenters. The third-order valence-electron chi connectivity index (χ3n) is 5.61. The van der Waals surface area contributed by atoms with Crippen molar-refractivity contribution in [3.05, 3.63) is 54.4 Å². The molecular formula is C21H27N5O. The highest BCUT2D eigenvalue weighted by Crippen LogP contribution is 2.23. The maximum atomic E-state index is 12.9. The van der Waals surface area contributed by atoms with E-state index in [0.717, 1.165) is 64.6 Å². The molecule has 0 N–H and O–H groups in total.